The van der Waals surface area contributed by atoms with E-state index in [0.29, 0.717) is 0 Å². The van der Waals surface area contributed by atoms with E-state index in [2.05, 4.69) is 4.74 Å². The maximum absolute atomic E-state index is 12.6. The molecule has 76 valence electrons. The average Bonchev–Trinajstić information content (AvgIpc) is 2.07. The molecule has 14 heavy (non-hydrogen) atoms. The molecule has 1 aromatic carbocycles. The molecule has 0 aromatic heterocycles. The lowest BCUT2D eigenvalue weighted by Gasteiger charge is -2.07. The Balaban J connectivity index is 3.08. The summed E-state index contributed by atoms with van der Waals surface area (Å²) in [6.07, 6.45) is 0. The third-order valence-electron chi connectivity index (χ3n) is 1.54. The summed E-state index contributed by atoms with van der Waals surface area (Å²) in [6.45, 7) is -1.88. The molecule has 0 saturated heterocycles. The van der Waals surface area contributed by atoms with Crippen molar-refractivity contribution in [1.29, 1.82) is 0 Å². The molecule has 1 aromatic rings. The van der Waals surface area contributed by atoms with Crippen LogP contribution in [0, 0.1) is 5.82 Å². The fraction of sp³-hybridized carbons (Fsp3) is 0.222. The lowest BCUT2D eigenvalue weighted by molar-refractivity contribution is -0.0501. The first kappa shape index (κ1) is 10.6. The van der Waals surface area contributed by atoms with Crippen molar-refractivity contribution in [3.05, 3.63) is 29.6 Å². The number of halogens is 3. The van der Waals surface area contributed by atoms with Crippen molar-refractivity contribution in [3.8, 4) is 5.75 Å². The van der Waals surface area contributed by atoms with Crippen LogP contribution >= 0.6 is 0 Å². The minimum Gasteiger partial charge on any atom is -0.434 e. The lowest BCUT2D eigenvalue weighted by Crippen LogP contribution is -2.06. The van der Waals surface area contributed by atoms with Crippen LogP contribution in [0.1, 0.15) is 17.3 Å². The molecule has 0 bridgehead atoms. The standard InChI is InChI=1S/C9H7F3O2/c1-5(13)7-4-6(10)2-3-8(7)14-9(11)12/h2-4,9H,1H3. The molecule has 0 amide bonds. The van der Waals surface area contributed by atoms with Gasteiger partial charge in [0.25, 0.3) is 0 Å². The molecule has 1 rings (SSSR count). The van der Waals surface area contributed by atoms with Crippen LogP contribution in [0.4, 0.5) is 13.2 Å². The second kappa shape index (κ2) is 4.13. The molecule has 0 radical (unpaired) electrons. The molecule has 0 aliphatic carbocycles. The summed E-state index contributed by atoms with van der Waals surface area (Å²) < 4.78 is 40.4. The normalized spacial score (nSPS) is 10.4. The van der Waals surface area contributed by atoms with E-state index in [-0.39, 0.29) is 11.3 Å². The van der Waals surface area contributed by atoms with E-state index in [0.717, 1.165) is 25.1 Å². The van der Waals surface area contributed by atoms with Crippen molar-refractivity contribution in [2.75, 3.05) is 0 Å². The van der Waals surface area contributed by atoms with Gasteiger partial charge in [-0.2, -0.15) is 8.78 Å². The van der Waals surface area contributed by atoms with Crippen LogP contribution in [0.2, 0.25) is 0 Å². The summed E-state index contributed by atoms with van der Waals surface area (Å²) in [4.78, 5) is 10.9. The summed E-state index contributed by atoms with van der Waals surface area (Å²) in [7, 11) is 0. The number of Topliss-reactive ketones (excluding diaryl/α,β-unsaturated/α-hetero) is 1. The van der Waals surface area contributed by atoms with Crippen molar-refractivity contribution in [2.45, 2.75) is 13.5 Å². The van der Waals surface area contributed by atoms with Gasteiger partial charge in [-0.25, -0.2) is 4.39 Å². The van der Waals surface area contributed by atoms with E-state index in [9.17, 15) is 18.0 Å². The van der Waals surface area contributed by atoms with Crippen LogP contribution in [0.25, 0.3) is 0 Å². The SMILES string of the molecule is CC(=O)c1cc(F)ccc1OC(F)F. The molecular formula is C9H7F3O2. The molecule has 0 spiro atoms. The second-order valence-electron chi connectivity index (χ2n) is 2.58. The Bertz CT molecular complexity index is 350. The zero-order valence-corrected chi connectivity index (χ0v) is 7.26. The molecule has 0 fully saturated rings. The number of ether oxygens (including phenoxy) is 1. The summed E-state index contributed by atoms with van der Waals surface area (Å²) in [6, 6.07) is 2.81. The van der Waals surface area contributed by atoms with Crippen LogP contribution in [-0.4, -0.2) is 12.4 Å². The number of carbonyl (C=O) groups excluding carboxylic acids is 1. The van der Waals surface area contributed by atoms with E-state index in [1.807, 2.05) is 0 Å². The monoisotopic (exact) mass is 204 g/mol. The van der Waals surface area contributed by atoms with Crippen molar-refractivity contribution in [3.63, 3.8) is 0 Å². The van der Waals surface area contributed by atoms with Crippen LogP contribution in [0.3, 0.4) is 0 Å². The fourth-order valence-corrected chi connectivity index (χ4v) is 0.976. The Labute approximate surface area is 78.3 Å². The summed E-state index contributed by atoms with van der Waals surface area (Å²) >= 11 is 0. The third kappa shape index (κ3) is 2.48. The fourth-order valence-electron chi connectivity index (χ4n) is 0.976. The van der Waals surface area contributed by atoms with Crippen molar-refractivity contribution < 1.29 is 22.7 Å². The third-order valence-corrected chi connectivity index (χ3v) is 1.54. The first-order valence-corrected chi connectivity index (χ1v) is 3.76. The highest BCUT2D eigenvalue weighted by molar-refractivity contribution is 5.96. The van der Waals surface area contributed by atoms with Crippen LogP contribution in [0.15, 0.2) is 18.2 Å². The molecule has 0 N–H and O–H groups in total. The molecule has 2 nitrogen and oxygen atoms in total. The molecule has 0 aliphatic heterocycles. The molecule has 5 heteroatoms. The maximum Gasteiger partial charge on any atom is 0.387 e. The number of hydrogen-bond acceptors (Lipinski definition) is 2. The van der Waals surface area contributed by atoms with Crippen molar-refractivity contribution in [2.24, 2.45) is 0 Å². The van der Waals surface area contributed by atoms with Gasteiger partial charge in [-0.3, -0.25) is 4.79 Å². The molecule has 0 atom stereocenters. The minimum atomic E-state index is -3.03. The first-order chi connectivity index (χ1) is 6.50. The zero-order chi connectivity index (χ0) is 10.7. The number of benzene rings is 1. The summed E-state index contributed by atoms with van der Waals surface area (Å²) in [5.41, 5.74) is -0.190. The van der Waals surface area contributed by atoms with Crippen LogP contribution < -0.4 is 4.74 Å². The molecular weight excluding hydrogens is 197 g/mol. The molecule has 0 unspecified atom stereocenters. The van der Waals surface area contributed by atoms with E-state index < -0.39 is 18.2 Å². The zero-order valence-electron chi connectivity index (χ0n) is 7.26. The van der Waals surface area contributed by atoms with E-state index in [1.54, 1.807) is 0 Å². The number of ketones is 1. The van der Waals surface area contributed by atoms with E-state index >= 15 is 0 Å². The average molecular weight is 204 g/mol. The highest BCUT2D eigenvalue weighted by Gasteiger charge is 2.13. The molecule has 0 saturated carbocycles. The molecule has 0 heterocycles. The Morgan fingerprint density at radius 3 is 2.57 bits per heavy atom. The maximum atomic E-state index is 12.6. The van der Waals surface area contributed by atoms with Crippen LogP contribution in [-0.2, 0) is 0 Å². The van der Waals surface area contributed by atoms with Gasteiger partial charge in [-0.1, -0.05) is 0 Å². The van der Waals surface area contributed by atoms with Crippen molar-refractivity contribution in [1.82, 2.24) is 0 Å². The van der Waals surface area contributed by atoms with Gasteiger partial charge >= 0.3 is 6.61 Å². The van der Waals surface area contributed by atoms with Gasteiger partial charge in [-0.15, -0.1) is 0 Å². The summed E-state index contributed by atoms with van der Waals surface area (Å²) in [5.74, 6) is -1.51. The lowest BCUT2D eigenvalue weighted by atomic mass is 10.1. The predicted molar refractivity (Wildman–Crippen MR) is 43.0 cm³/mol. The smallest absolute Gasteiger partial charge is 0.387 e. The summed E-state index contributed by atoms with van der Waals surface area (Å²) in [5, 5.41) is 0. The number of carbonyl (C=O) groups is 1. The van der Waals surface area contributed by atoms with Gasteiger partial charge in [0.15, 0.2) is 5.78 Å². The van der Waals surface area contributed by atoms with E-state index in [4.69, 9.17) is 0 Å². The Hall–Kier alpha value is -1.52. The van der Waals surface area contributed by atoms with Gasteiger partial charge < -0.3 is 4.74 Å². The Kier molecular flexibility index (Phi) is 3.11. The predicted octanol–water partition coefficient (Wildman–Crippen LogP) is 2.63. The van der Waals surface area contributed by atoms with Gasteiger partial charge in [0.05, 0.1) is 5.56 Å². The van der Waals surface area contributed by atoms with Gasteiger partial charge in [0.1, 0.15) is 11.6 Å². The number of rotatable bonds is 3. The Morgan fingerprint density at radius 2 is 2.07 bits per heavy atom. The topological polar surface area (TPSA) is 26.3 Å². The highest BCUT2D eigenvalue weighted by atomic mass is 19.3. The van der Waals surface area contributed by atoms with Gasteiger partial charge in [0, 0.05) is 0 Å². The highest BCUT2D eigenvalue weighted by Crippen LogP contribution is 2.21. The Morgan fingerprint density at radius 1 is 1.43 bits per heavy atom. The second-order valence-corrected chi connectivity index (χ2v) is 2.58. The quantitative estimate of drug-likeness (QED) is 0.707. The first-order valence-electron chi connectivity index (χ1n) is 3.76. The number of alkyl halides is 2. The molecule has 0 aliphatic rings. The number of hydrogen-bond donors (Lipinski definition) is 0. The van der Waals surface area contributed by atoms with E-state index in [1.165, 1.54) is 0 Å². The van der Waals surface area contributed by atoms with Crippen LogP contribution in [0.5, 0.6) is 5.75 Å². The van der Waals surface area contributed by atoms with Gasteiger partial charge in [-0.05, 0) is 25.1 Å². The van der Waals surface area contributed by atoms with Gasteiger partial charge in [0.2, 0.25) is 0 Å². The minimum absolute atomic E-state index is 0.190. The largest absolute Gasteiger partial charge is 0.434 e. The van der Waals surface area contributed by atoms with Crippen molar-refractivity contribution >= 4 is 5.78 Å².